The summed E-state index contributed by atoms with van der Waals surface area (Å²) in [7, 11) is 0. The number of phenolic OH excluding ortho intramolecular Hbond substituents is 8. The predicted molar refractivity (Wildman–Crippen MR) is 218 cm³/mol. The van der Waals surface area contributed by atoms with Crippen LogP contribution in [0.2, 0.25) is 0 Å². The van der Waals surface area contributed by atoms with Crippen molar-refractivity contribution < 1.29 is 78.9 Å². The van der Waals surface area contributed by atoms with Crippen molar-refractivity contribution in [2.75, 3.05) is 0 Å². The Hall–Kier alpha value is -9.46. The van der Waals surface area contributed by atoms with E-state index in [1.54, 1.807) is 0 Å². The van der Waals surface area contributed by atoms with Crippen molar-refractivity contribution in [2.45, 2.75) is 11.8 Å². The molecule has 0 saturated carbocycles. The molecule has 322 valence electrons. The first-order valence-corrected chi connectivity index (χ1v) is 18.3. The Balaban J connectivity index is 1.42. The highest BCUT2D eigenvalue weighted by Gasteiger charge is 2.37. The van der Waals surface area contributed by atoms with Crippen LogP contribution in [0.1, 0.15) is 45.2 Å². The van der Waals surface area contributed by atoms with Gasteiger partial charge in [0.2, 0.25) is 0 Å². The van der Waals surface area contributed by atoms with E-state index in [2.05, 4.69) is 0 Å². The molecule has 0 aliphatic carbocycles. The van der Waals surface area contributed by atoms with Crippen molar-refractivity contribution >= 4 is 43.9 Å². The number of rotatable bonds is 6. The topological polar surface area (TPSA) is 364 Å². The van der Waals surface area contributed by atoms with Crippen molar-refractivity contribution in [3.8, 4) is 69.0 Å². The number of hydrogen-bond acceptors (Lipinski definition) is 20. The van der Waals surface area contributed by atoms with Gasteiger partial charge < -0.3 is 78.9 Å². The summed E-state index contributed by atoms with van der Waals surface area (Å²) in [6, 6.07) is 11.2. The standard InChI is InChI=1S/C44H26O20/c45-15-5-19(49)29-23(9-15)61-41(57)33(37(29)53)27(34-38(54)30-20(50)6-16(46)10-24(30)62-42(34)58)13-2-1-3-14(4-13)28(35-39(55)31-21(51)7-17(47)11-25(31)63-43(35)59)36-40(56)32-22(52)8-18(48)12-26(32)64-44(36)60/h1-12,27-28,45-56H. The molecule has 4 heterocycles. The molecule has 12 N–H and O–H groups in total. The molecule has 9 aromatic rings. The van der Waals surface area contributed by atoms with Gasteiger partial charge in [0.25, 0.3) is 0 Å². The Bertz CT molecular complexity index is 3300. The van der Waals surface area contributed by atoms with Gasteiger partial charge >= 0.3 is 22.5 Å². The van der Waals surface area contributed by atoms with E-state index < -0.39 is 169 Å². The van der Waals surface area contributed by atoms with Gasteiger partial charge in [0, 0.05) is 48.5 Å². The van der Waals surface area contributed by atoms with Gasteiger partial charge in [-0.2, -0.15) is 0 Å². The molecule has 9 rings (SSSR count). The molecule has 5 aromatic carbocycles. The summed E-state index contributed by atoms with van der Waals surface area (Å²) < 4.78 is 21.5. The van der Waals surface area contributed by atoms with Crippen LogP contribution >= 0.6 is 0 Å². The summed E-state index contributed by atoms with van der Waals surface area (Å²) in [5, 5.41) is 128. The van der Waals surface area contributed by atoms with Crippen LogP contribution in [0.4, 0.5) is 0 Å². The maximum absolute atomic E-state index is 14.0. The minimum Gasteiger partial charge on any atom is -0.508 e. The lowest BCUT2D eigenvalue weighted by Gasteiger charge is -2.23. The molecular formula is C44H26O20. The van der Waals surface area contributed by atoms with Crippen molar-refractivity contribution in [2.24, 2.45) is 0 Å². The quantitative estimate of drug-likeness (QED) is 0.0984. The second kappa shape index (κ2) is 14.1. The smallest absolute Gasteiger partial charge is 0.344 e. The van der Waals surface area contributed by atoms with E-state index in [9.17, 15) is 80.5 Å². The van der Waals surface area contributed by atoms with Crippen LogP contribution in [0.3, 0.4) is 0 Å². The lowest BCUT2D eigenvalue weighted by atomic mass is 9.80. The van der Waals surface area contributed by atoms with Gasteiger partial charge in [-0.3, -0.25) is 0 Å². The minimum absolute atomic E-state index is 0.349. The highest BCUT2D eigenvalue weighted by Crippen LogP contribution is 2.50. The van der Waals surface area contributed by atoms with Crippen molar-refractivity contribution in [3.63, 3.8) is 0 Å². The fourth-order valence-corrected chi connectivity index (χ4v) is 8.06. The van der Waals surface area contributed by atoms with Gasteiger partial charge in [0.05, 0.1) is 34.1 Å². The molecule has 0 atom stereocenters. The molecule has 0 bridgehead atoms. The van der Waals surface area contributed by atoms with Crippen molar-refractivity contribution in [1.82, 2.24) is 0 Å². The first-order chi connectivity index (χ1) is 30.3. The second-order valence-electron chi connectivity index (χ2n) is 14.5. The van der Waals surface area contributed by atoms with Gasteiger partial charge in [-0.25, -0.2) is 19.2 Å². The average molecular weight is 875 g/mol. The zero-order chi connectivity index (χ0) is 45.8. The molecule has 0 aliphatic rings. The van der Waals surface area contributed by atoms with E-state index in [1.807, 2.05) is 0 Å². The van der Waals surface area contributed by atoms with Gasteiger partial charge in [-0.1, -0.05) is 24.3 Å². The van der Waals surface area contributed by atoms with E-state index in [0.717, 1.165) is 54.6 Å². The zero-order valence-electron chi connectivity index (χ0n) is 31.7. The SMILES string of the molecule is O=c1oc2cc(O)cc(O)c2c(O)c1C(c1cccc(C(c2c(O)c3c(O)cc(O)cc3oc2=O)c2c(O)c3c(O)cc(O)cc3oc2=O)c1)c1c(O)c2c(O)cc(O)cc2oc1=O. The first kappa shape index (κ1) is 40.0. The highest BCUT2D eigenvalue weighted by molar-refractivity contribution is 5.95. The maximum atomic E-state index is 14.0. The zero-order valence-corrected chi connectivity index (χ0v) is 31.7. The second-order valence-corrected chi connectivity index (χ2v) is 14.5. The summed E-state index contributed by atoms with van der Waals surface area (Å²) in [6.45, 7) is 0. The number of hydrogen-bond donors (Lipinski definition) is 12. The molecule has 0 aliphatic heterocycles. The molecule has 64 heavy (non-hydrogen) atoms. The van der Waals surface area contributed by atoms with Crippen LogP contribution in [0, 0.1) is 0 Å². The Labute approximate surface area is 351 Å². The number of aromatic hydroxyl groups is 12. The number of fused-ring (bicyclic) bond motifs is 4. The maximum Gasteiger partial charge on any atom is 0.344 e. The fourth-order valence-electron chi connectivity index (χ4n) is 8.06. The van der Waals surface area contributed by atoms with E-state index in [0.29, 0.717) is 0 Å². The molecule has 20 heteroatoms. The lowest BCUT2D eigenvalue weighted by Crippen LogP contribution is -2.23. The highest BCUT2D eigenvalue weighted by atomic mass is 16.4. The lowest BCUT2D eigenvalue weighted by molar-refractivity contribution is 0.425. The van der Waals surface area contributed by atoms with Crippen molar-refractivity contribution in [3.05, 3.63) is 148 Å². The van der Waals surface area contributed by atoms with Crippen LogP contribution in [0.5, 0.6) is 69.0 Å². The molecule has 0 fully saturated rings. The molecule has 0 saturated heterocycles. The first-order valence-electron chi connectivity index (χ1n) is 18.3. The Morgan fingerprint density at radius 2 is 0.562 bits per heavy atom. The van der Waals surface area contributed by atoms with Gasteiger partial charge in [0.1, 0.15) is 113 Å². The Kier molecular flexibility index (Phi) is 8.78. The molecular weight excluding hydrogens is 848 g/mol. The molecule has 20 nitrogen and oxygen atoms in total. The van der Waals surface area contributed by atoms with E-state index >= 15 is 0 Å². The third-order valence-corrected chi connectivity index (χ3v) is 10.7. The normalized spacial score (nSPS) is 11.8. The predicted octanol–water partition coefficient (Wildman–Crippen LogP) is 4.94. The Morgan fingerprint density at radius 1 is 0.328 bits per heavy atom. The summed E-state index contributed by atoms with van der Waals surface area (Å²) in [5.74, 6) is -14.3. The summed E-state index contributed by atoms with van der Waals surface area (Å²) in [5.41, 5.74) is -12.3. The van der Waals surface area contributed by atoms with Crippen LogP contribution in [-0.4, -0.2) is 61.3 Å². The van der Waals surface area contributed by atoms with Crippen LogP contribution in [0.15, 0.2) is 110 Å². The number of benzene rings is 5. The molecule has 0 spiro atoms. The molecule has 0 amide bonds. The molecule has 0 radical (unpaired) electrons. The van der Waals surface area contributed by atoms with E-state index in [-0.39, 0.29) is 11.1 Å². The van der Waals surface area contributed by atoms with Gasteiger partial charge in [-0.15, -0.1) is 0 Å². The van der Waals surface area contributed by atoms with Gasteiger partial charge in [-0.05, 0) is 11.1 Å². The van der Waals surface area contributed by atoms with Crippen molar-refractivity contribution in [1.29, 1.82) is 0 Å². The van der Waals surface area contributed by atoms with Crippen LogP contribution in [-0.2, 0) is 0 Å². The third-order valence-electron chi connectivity index (χ3n) is 10.7. The molecule has 4 aromatic heterocycles. The Morgan fingerprint density at radius 3 is 0.797 bits per heavy atom. The van der Waals surface area contributed by atoms with Crippen LogP contribution < -0.4 is 22.5 Å². The number of phenols is 8. The van der Waals surface area contributed by atoms with Gasteiger partial charge in [0.15, 0.2) is 0 Å². The summed E-state index contributed by atoms with van der Waals surface area (Å²) >= 11 is 0. The van der Waals surface area contributed by atoms with E-state index in [4.69, 9.17) is 17.7 Å². The average Bonchev–Trinajstić information content (AvgIpc) is 3.18. The van der Waals surface area contributed by atoms with E-state index in [1.165, 1.54) is 18.2 Å². The summed E-state index contributed by atoms with van der Waals surface area (Å²) in [6.07, 6.45) is 0. The monoisotopic (exact) mass is 874 g/mol. The fraction of sp³-hybridized carbons (Fsp3) is 0.0455. The minimum atomic E-state index is -2.11. The van der Waals surface area contributed by atoms with Crippen LogP contribution in [0.25, 0.3) is 43.9 Å². The largest absolute Gasteiger partial charge is 0.508 e. The molecule has 0 unspecified atom stereocenters. The summed E-state index contributed by atoms with van der Waals surface area (Å²) in [4.78, 5) is 56.1. The third kappa shape index (κ3) is 6.00.